The summed E-state index contributed by atoms with van der Waals surface area (Å²) in [7, 11) is 0. The molecule has 2 aromatic rings. The van der Waals surface area contributed by atoms with Crippen molar-refractivity contribution in [2.75, 3.05) is 0 Å². The second-order valence-corrected chi connectivity index (χ2v) is 3.75. The van der Waals surface area contributed by atoms with Gasteiger partial charge in [-0.3, -0.25) is 0 Å². The Balaban J connectivity index is 0.000000215. The molecule has 13 heavy (non-hydrogen) atoms. The van der Waals surface area contributed by atoms with Crippen LogP contribution in [0.25, 0.3) is 0 Å². The van der Waals surface area contributed by atoms with Crippen LogP contribution >= 0.6 is 34.2 Å². The van der Waals surface area contributed by atoms with Crippen molar-refractivity contribution < 1.29 is 17.1 Å². The van der Waals surface area contributed by atoms with Gasteiger partial charge in [-0.1, -0.05) is 8.59 Å². The molecule has 0 bridgehead atoms. The summed E-state index contributed by atoms with van der Waals surface area (Å²) in [6, 6.07) is 15.8. The molecule has 0 aliphatic carbocycles. The SMILES string of the molecule is Clc1ccc[c-]1I.[Fe+2].c1cc[cH-]c1. The molecule has 0 aliphatic heterocycles. The van der Waals surface area contributed by atoms with E-state index in [4.69, 9.17) is 11.6 Å². The quantitative estimate of drug-likeness (QED) is 0.383. The van der Waals surface area contributed by atoms with Crippen molar-refractivity contribution in [3.05, 3.63) is 57.1 Å². The molecule has 0 radical (unpaired) electrons. The fourth-order valence-electron chi connectivity index (χ4n) is 0.697. The van der Waals surface area contributed by atoms with Crippen molar-refractivity contribution in [1.82, 2.24) is 0 Å². The van der Waals surface area contributed by atoms with Gasteiger partial charge in [0.25, 0.3) is 0 Å². The molecular formula is C10H8ClFeI. The van der Waals surface area contributed by atoms with Gasteiger partial charge in [0, 0.05) is 0 Å². The predicted molar refractivity (Wildman–Crippen MR) is 61.8 cm³/mol. The van der Waals surface area contributed by atoms with Crippen LogP contribution in [-0.2, 0) is 17.1 Å². The standard InChI is InChI=1S/C5H3ClI.C5H5.Fe/c6-4-2-1-3-5(4)7;1-2-4-5-3-1;/h1-3H;1-5H;/q2*-1;+2. The van der Waals surface area contributed by atoms with Crippen molar-refractivity contribution in [1.29, 1.82) is 0 Å². The normalized spacial score (nSPS) is 8.15. The zero-order chi connectivity index (χ0) is 8.81. The van der Waals surface area contributed by atoms with E-state index in [0.29, 0.717) is 0 Å². The van der Waals surface area contributed by atoms with Gasteiger partial charge >= 0.3 is 17.1 Å². The first-order valence-electron chi connectivity index (χ1n) is 3.54. The fourth-order valence-corrected chi connectivity index (χ4v) is 1.22. The molecule has 0 N–H and O–H groups in total. The molecule has 0 nitrogen and oxygen atoms in total. The Labute approximate surface area is 108 Å². The van der Waals surface area contributed by atoms with Crippen LogP contribution in [0.1, 0.15) is 0 Å². The Morgan fingerprint density at radius 3 is 2.00 bits per heavy atom. The average Bonchev–Trinajstić information content (AvgIpc) is 2.67. The van der Waals surface area contributed by atoms with E-state index in [0.717, 1.165) is 8.59 Å². The van der Waals surface area contributed by atoms with Crippen LogP contribution < -0.4 is 0 Å². The van der Waals surface area contributed by atoms with Gasteiger partial charge in [-0.2, -0.15) is 30.3 Å². The van der Waals surface area contributed by atoms with E-state index in [1.165, 1.54) is 0 Å². The monoisotopic (exact) mass is 346 g/mol. The molecule has 70 valence electrons. The summed E-state index contributed by atoms with van der Waals surface area (Å²) in [5, 5.41) is 0.848. The van der Waals surface area contributed by atoms with Gasteiger partial charge in [-0.15, -0.1) is 34.2 Å². The van der Waals surface area contributed by atoms with Crippen LogP contribution in [0, 0.1) is 3.57 Å². The van der Waals surface area contributed by atoms with Gasteiger partial charge in [0.2, 0.25) is 0 Å². The maximum Gasteiger partial charge on any atom is 2.00 e. The Hall–Kier alpha value is 0.239. The number of hydrogen-bond acceptors (Lipinski definition) is 0. The van der Waals surface area contributed by atoms with E-state index in [1.54, 1.807) is 0 Å². The number of hydrogen-bond donors (Lipinski definition) is 0. The van der Waals surface area contributed by atoms with Crippen molar-refractivity contribution in [2.45, 2.75) is 0 Å². The average molecular weight is 346 g/mol. The molecule has 0 saturated carbocycles. The van der Waals surface area contributed by atoms with Crippen LogP contribution in [0.3, 0.4) is 0 Å². The number of rotatable bonds is 0. The van der Waals surface area contributed by atoms with E-state index >= 15 is 0 Å². The molecule has 0 unspecified atom stereocenters. The van der Waals surface area contributed by atoms with Crippen LogP contribution in [0.15, 0.2) is 48.5 Å². The molecule has 0 amide bonds. The van der Waals surface area contributed by atoms with Gasteiger partial charge in [-0.25, -0.2) is 18.2 Å². The summed E-state index contributed by atoms with van der Waals surface area (Å²) >= 11 is 7.80. The first-order valence-corrected chi connectivity index (χ1v) is 5.00. The summed E-state index contributed by atoms with van der Waals surface area (Å²) in [6.07, 6.45) is 0. The van der Waals surface area contributed by atoms with Crippen molar-refractivity contribution in [3.63, 3.8) is 0 Å². The third-order valence-electron chi connectivity index (χ3n) is 1.27. The zero-order valence-corrected chi connectivity index (χ0v) is 10.7. The molecule has 0 aromatic heterocycles. The second-order valence-electron chi connectivity index (χ2n) is 2.18. The maximum absolute atomic E-state index is 5.62. The van der Waals surface area contributed by atoms with E-state index in [-0.39, 0.29) is 17.1 Å². The van der Waals surface area contributed by atoms with Crippen LogP contribution in [0.5, 0.6) is 0 Å². The van der Waals surface area contributed by atoms with E-state index in [2.05, 4.69) is 22.6 Å². The van der Waals surface area contributed by atoms with Gasteiger partial charge < -0.3 is 0 Å². The van der Waals surface area contributed by atoms with Crippen molar-refractivity contribution >= 4 is 34.2 Å². The Kier molecular flexibility index (Phi) is 7.77. The van der Waals surface area contributed by atoms with Gasteiger partial charge in [0.15, 0.2) is 0 Å². The minimum atomic E-state index is 0. The zero-order valence-electron chi connectivity index (χ0n) is 6.73. The summed E-state index contributed by atoms with van der Waals surface area (Å²) in [6.45, 7) is 0. The minimum Gasteiger partial charge on any atom is -0.214 e. The molecular weight excluding hydrogens is 338 g/mol. The van der Waals surface area contributed by atoms with E-state index < -0.39 is 0 Å². The minimum absolute atomic E-state index is 0. The molecule has 0 saturated heterocycles. The summed E-state index contributed by atoms with van der Waals surface area (Å²) in [5.41, 5.74) is 0. The van der Waals surface area contributed by atoms with Crippen LogP contribution in [0.2, 0.25) is 5.02 Å². The third-order valence-corrected chi connectivity index (χ3v) is 2.86. The molecule has 0 atom stereocenters. The van der Waals surface area contributed by atoms with Crippen molar-refractivity contribution in [2.24, 2.45) is 0 Å². The molecule has 2 rings (SSSR count). The Bertz CT molecular complexity index is 267. The molecule has 3 heteroatoms. The Morgan fingerprint density at radius 2 is 1.85 bits per heavy atom. The third kappa shape index (κ3) is 5.53. The number of halogens is 2. The molecule has 0 spiro atoms. The van der Waals surface area contributed by atoms with E-state index in [1.807, 2.05) is 48.5 Å². The molecule has 2 aromatic carbocycles. The van der Waals surface area contributed by atoms with Gasteiger partial charge in [-0.05, 0) is 0 Å². The maximum atomic E-state index is 5.62. The molecule has 0 aliphatic rings. The van der Waals surface area contributed by atoms with Crippen LogP contribution in [-0.4, -0.2) is 0 Å². The predicted octanol–water partition coefficient (Wildman–Crippen LogP) is 4.07. The van der Waals surface area contributed by atoms with Crippen molar-refractivity contribution in [3.8, 4) is 0 Å². The smallest absolute Gasteiger partial charge is 0.214 e. The first kappa shape index (κ1) is 13.2. The fraction of sp³-hybridized carbons (Fsp3) is 0. The summed E-state index contributed by atoms with van der Waals surface area (Å²) in [5.74, 6) is 0. The summed E-state index contributed by atoms with van der Waals surface area (Å²) in [4.78, 5) is 0. The molecule has 0 fully saturated rings. The summed E-state index contributed by atoms with van der Waals surface area (Å²) < 4.78 is 1.12. The largest absolute Gasteiger partial charge is 2.00 e. The topological polar surface area (TPSA) is 0 Å². The first-order chi connectivity index (χ1) is 5.80. The second kappa shape index (κ2) is 7.63. The van der Waals surface area contributed by atoms with Gasteiger partial charge in [0.1, 0.15) is 0 Å². The van der Waals surface area contributed by atoms with Crippen LogP contribution in [0.4, 0.5) is 0 Å². The molecule has 0 heterocycles. The van der Waals surface area contributed by atoms with E-state index in [9.17, 15) is 0 Å². The Morgan fingerprint density at radius 1 is 1.23 bits per heavy atom. The van der Waals surface area contributed by atoms with Gasteiger partial charge in [0.05, 0.1) is 0 Å².